The van der Waals surface area contributed by atoms with Crippen molar-refractivity contribution in [3.63, 3.8) is 0 Å². The van der Waals surface area contributed by atoms with Gasteiger partial charge in [-0.05, 0) is 30.2 Å². The van der Waals surface area contributed by atoms with Crippen LogP contribution in [0.4, 0.5) is 13.2 Å². The van der Waals surface area contributed by atoms with E-state index < -0.39 is 12.7 Å². The summed E-state index contributed by atoms with van der Waals surface area (Å²) >= 11 is 0. The average Bonchev–Trinajstić information content (AvgIpc) is 3.05. The molecule has 0 radical (unpaired) electrons. The fraction of sp³-hybridized carbons (Fsp3) is 0.650. The number of benzene rings is 1. The highest BCUT2D eigenvalue weighted by Crippen LogP contribution is 2.32. The van der Waals surface area contributed by atoms with Gasteiger partial charge in [-0.2, -0.15) is 13.2 Å². The van der Waals surface area contributed by atoms with Gasteiger partial charge in [0, 0.05) is 39.3 Å². The Kier molecular flexibility index (Phi) is 6.29. The Balaban J connectivity index is 1.54. The van der Waals surface area contributed by atoms with Gasteiger partial charge in [-0.25, -0.2) is 0 Å². The summed E-state index contributed by atoms with van der Waals surface area (Å²) in [6.45, 7) is 4.12. The first-order valence-corrected chi connectivity index (χ1v) is 9.68. The molecule has 4 nitrogen and oxygen atoms in total. The highest BCUT2D eigenvalue weighted by atomic mass is 19.4. The molecule has 1 aromatic rings. The van der Waals surface area contributed by atoms with E-state index in [1.807, 2.05) is 6.07 Å². The monoisotopic (exact) mass is 382 g/mol. The first-order chi connectivity index (χ1) is 12.9. The normalized spacial score (nSPS) is 27.8. The molecule has 2 fully saturated rings. The van der Waals surface area contributed by atoms with Crippen LogP contribution in [0.15, 0.2) is 35.3 Å². The van der Waals surface area contributed by atoms with Crippen LogP contribution in [0.5, 0.6) is 0 Å². The van der Waals surface area contributed by atoms with Crippen molar-refractivity contribution in [3.8, 4) is 0 Å². The van der Waals surface area contributed by atoms with Gasteiger partial charge in [-0.1, -0.05) is 37.3 Å². The Hall–Kier alpha value is -1.76. The first kappa shape index (κ1) is 20.0. The number of piperidine rings is 1. The lowest BCUT2D eigenvalue weighted by atomic mass is 9.82. The quantitative estimate of drug-likeness (QED) is 0.643. The minimum Gasteiger partial charge on any atom is -0.352 e. The predicted molar refractivity (Wildman–Crippen MR) is 102 cm³/mol. The SMILES string of the molecule is CN=C(NC1CCN(CC(F)(F)F)C1)N1CCC(c2ccccc2)C(C)C1. The summed E-state index contributed by atoms with van der Waals surface area (Å²) in [5.74, 6) is 1.84. The molecule has 2 saturated heterocycles. The minimum absolute atomic E-state index is 0.0215. The Labute approximate surface area is 159 Å². The molecule has 27 heavy (non-hydrogen) atoms. The van der Waals surface area contributed by atoms with Gasteiger partial charge in [-0.15, -0.1) is 0 Å². The molecule has 0 bridgehead atoms. The number of alkyl halides is 3. The highest BCUT2D eigenvalue weighted by Gasteiger charge is 2.35. The Morgan fingerprint density at radius 2 is 1.89 bits per heavy atom. The van der Waals surface area contributed by atoms with Gasteiger partial charge in [-0.3, -0.25) is 9.89 Å². The minimum atomic E-state index is -4.13. The lowest BCUT2D eigenvalue weighted by molar-refractivity contribution is -0.143. The zero-order valence-corrected chi connectivity index (χ0v) is 16.0. The summed E-state index contributed by atoms with van der Waals surface area (Å²) in [5, 5.41) is 3.39. The molecule has 0 aromatic heterocycles. The van der Waals surface area contributed by atoms with Crippen LogP contribution in [-0.4, -0.2) is 67.7 Å². The van der Waals surface area contributed by atoms with E-state index in [2.05, 4.69) is 46.4 Å². The van der Waals surface area contributed by atoms with Gasteiger partial charge in [0.05, 0.1) is 6.54 Å². The molecule has 3 atom stereocenters. The summed E-state index contributed by atoms with van der Waals surface area (Å²) in [7, 11) is 1.75. The first-order valence-electron chi connectivity index (χ1n) is 9.68. The van der Waals surface area contributed by atoms with E-state index in [0.29, 0.717) is 31.3 Å². The van der Waals surface area contributed by atoms with E-state index in [1.165, 1.54) is 10.5 Å². The second kappa shape index (κ2) is 8.50. The number of nitrogens with zero attached hydrogens (tertiary/aromatic N) is 3. The third kappa shape index (κ3) is 5.37. The fourth-order valence-corrected chi connectivity index (χ4v) is 4.36. The van der Waals surface area contributed by atoms with E-state index in [-0.39, 0.29) is 6.04 Å². The van der Waals surface area contributed by atoms with Crippen LogP contribution < -0.4 is 5.32 Å². The van der Waals surface area contributed by atoms with Crippen molar-refractivity contribution in [2.75, 3.05) is 39.8 Å². The number of aliphatic imine (C=N–C) groups is 1. The molecule has 3 unspecified atom stereocenters. The number of likely N-dealkylation sites (tertiary alicyclic amines) is 2. The van der Waals surface area contributed by atoms with Crippen LogP contribution in [0, 0.1) is 5.92 Å². The summed E-state index contributed by atoms with van der Waals surface area (Å²) in [4.78, 5) is 8.11. The zero-order chi connectivity index (χ0) is 19.4. The lowest BCUT2D eigenvalue weighted by Gasteiger charge is -2.39. The van der Waals surface area contributed by atoms with Crippen molar-refractivity contribution in [2.45, 2.75) is 37.9 Å². The third-order valence-corrected chi connectivity index (χ3v) is 5.65. The van der Waals surface area contributed by atoms with Crippen LogP contribution in [0.25, 0.3) is 0 Å². The van der Waals surface area contributed by atoms with Gasteiger partial charge >= 0.3 is 6.18 Å². The third-order valence-electron chi connectivity index (χ3n) is 5.65. The summed E-state index contributed by atoms with van der Waals surface area (Å²) in [6, 6.07) is 10.6. The van der Waals surface area contributed by atoms with Gasteiger partial charge in [0.25, 0.3) is 0 Å². The van der Waals surface area contributed by atoms with Crippen LogP contribution in [0.2, 0.25) is 0 Å². The van der Waals surface area contributed by atoms with Gasteiger partial charge in [0.1, 0.15) is 0 Å². The predicted octanol–water partition coefficient (Wildman–Crippen LogP) is 3.32. The standard InChI is InChI=1S/C20H29F3N4/c1-15-12-27(11-9-18(15)16-6-4-3-5-7-16)19(24-2)25-17-8-10-26(13-17)14-20(21,22)23/h3-7,15,17-18H,8-14H2,1-2H3,(H,24,25). The van der Waals surface area contributed by atoms with E-state index in [9.17, 15) is 13.2 Å². The summed E-state index contributed by atoms with van der Waals surface area (Å²) in [6.07, 6.45) is -2.37. The number of halogens is 3. The molecule has 3 rings (SSSR count). The second-order valence-electron chi connectivity index (χ2n) is 7.76. The highest BCUT2D eigenvalue weighted by molar-refractivity contribution is 5.80. The van der Waals surface area contributed by atoms with Gasteiger partial charge < -0.3 is 10.2 Å². The molecule has 0 aliphatic carbocycles. The molecule has 1 N–H and O–H groups in total. The molecule has 150 valence electrons. The van der Waals surface area contributed by atoms with Crippen LogP contribution >= 0.6 is 0 Å². The molecule has 0 amide bonds. The molecule has 2 heterocycles. The Morgan fingerprint density at radius 3 is 2.52 bits per heavy atom. The van der Waals surface area contributed by atoms with E-state index >= 15 is 0 Å². The molecule has 0 saturated carbocycles. The lowest BCUT2D eigenvalue weighted by Crippen LogP contribution is -2.51. The fourth-order valence-electron chi connectivity index (χ4n) is 4.36. The summed E-state index contributed by atoms with van der Waals surface area (Å²) in [5.41, 5.74) is 1.38. The number of hydrogen-bond acceptors (Lipinski definition) is 2. The molecule has 1 aromatic carbocycles. The molecule has 0 spiro atoms. The van der Waals surface area contributed by atoms with E-state index in [1.54, 1.807) is 7.05 Å². The topological polar surface area (TPSA) is 30.9 Å². The maximum atomic E-state index is 12.6. The molecular weight excluding hydrogens is 353 g/mol. The van der Waals surface area contributed by atoms with Crippen LogP contribution in [-0.2, 0) is 0 Å². The number of nitrogens with one attached hydrogen (secondary N) is 1. The van der Waals surface area contributed by atoms with Crippen molar-refractivity contribution >= 4 is 5.96 Å². The van der Waals surface area contributed by atoms with Gasteiger partial charge in [0.2, 0.25) is 0 Å². The van der Waals surface area contributed by atoms with Crippen molar-refractivity contribution in [1.29, 1.82) is 0 Å². The molecule has 2 aliphatic rings. The van der Waals surface area contributed by atoms with E-state index in [4.69, 9.17) is 0 Å². The molecular formula is C20H29F3N4. The zero-order valence-electron chi connectivity index (χ0n) is 16.0. The maximum absolute atomic E-state index is 12.6. The van der Waals surface area contributed by atoms with Crippen LogP contribution in [0.3, 0.4) is 0 Å². The number of hydrogen-bond donors (Lipinski definition) is 1. The van der Waals surface area contributed by atoms with Gasteiger partial charge in [0.15, 0.2) is 5.96 Å². The van der Waals surface area contributed by atoms with Crippen molar-refractivity contribution < 1.29 is 13.2 Å². The number of rotatable bonds is 3. The van der Waals surface area contributed by atoms with Crippen LogP contribution in [0.1, 0.15) is 31.2 Å². The Bertz CT molecular complexity index is 632. The number of guanidine groups is 1. The van der Waals surface area contributed by atoms with Crippen molar-refractivity contribution in [2.24, 2.45) is 10.9 Å². The smallest absolute Gasteiger partial charge is 0.352 e. The van der Waals surface area contributed by atoms with E-state index in [0.717, 1.165) is 25.5 Å². The van der Waals surface area contributed by atoms with Crippen molar-refractivity contribution in [1.82, 2.24) is 15.1 Å². The van der Waals surface area contributed by atoms with Crippen molar-refractivity contribution in [3.05, 3.63) is 35.9 Å². The Morgan fingerprint density at radius 1 is 1.15 bits per heavy atom. The average molecular weight is 382 g/mol. The maximum Gasteiger partial charge on any atom is 0.401 e. The molecule has 7 heteroatoms. The molecule has 2 aliphatic heterocycles. The second-order valence-corrected chi connectivity index (χ2v) is 7.76. The largest absolute Gasteiger partial charge is 0.401 e. The summed E-state index contributed by atoms with van der Waals surface area (Å²) < 4.78 is 37.7.